The van der Waals surface area contributed by atoms with Crippen molar-refractivity contribution in [1.29, 1.82) is 0 Å². The van der Waals surface area contributed by atoms with Crippen molar-refractivity contribution in [3.63, 3.8) is 0 Å². The molecular formula is C52H56N4O8. The first-order valence-corrected chi connectivity index (χ1v) is 22.3. The van der Waals surface area contributed by atoms with Gasteiger partial charge in [-0.05, 0) is 150 Å². The highest BCUT2D eigenvalue weighted by molar-refractivity contribution is 5.95. The molecule has 0 saturated carbocycles. The lowest BCUT2D eigenvalue weighted by Crippen LogP contribution is -2.60. The van der Waals surface area contributed by atoms with Crippen LogP contribution in [0.2, 0.25) is 0 Å². The number of benzene rings is 2. The fourth-order valence-electron chi connectivity index (χ4n) is 11.9. The van der Waals surface area contributed by atoms with Gasteiger partial charge in [0.05, 0.1) is 38.5 Å². The lowest BCUT2D eigenvalue weighted by molar-refractivity contribution is 0.0500. The van der Waals surface area contributed by atoms with E-state index in [0.717, 1.165) is 89.5 Å². The Hall–Kier alpha value is -6.56. The Morgan fingerprint density at radius 1 is 0.469 bits per heavy atom. The summed E-state index contributed by atoms with van der Waals surface area (Å²) in [7, 11) is 0. The normalized spacial score (nSPS) is 19.9. The van der Waals surface area contributed by atoms with Gasteiger partial charge < -0.3 is 38.0 Å². The molecule has 0 amide bonds. The van der Waals surface area contributed by atoms with E-state index in [0.29, 0.717) is 22.8 Å². The summed E-state index contributed by atoms with van der Waals surface area (Å²) < 4.78 is 27.8. The van der Waals surface area contributed by atoms with E-state index in [4.69, 9.17) is 18.9 Å². The summed E-state index contributed by atoms with van der Waals surface area (Å²) in [5, 5.41) is 0. The van der Waals surface area contributed by atoms with E-state index < -0.39 is 46.8 Å². The number of carbonyl (C=O) groups is 4. The van der Waals surface area contributed by atoms with Gasteiger partial charge in [-0.3, -0.25) is 0 Å². The molecule has 0 unspecified atom stereocenters. The molecular weight excluding hydrogens is 809 g/mol. The summed E-state index contributed by atoms with van der Waals surface area (Å²) in [5.41, 5.74) is 12.1. The molecule has 0 saturated heterocycles. The molecule has 6 aromatic rings. The molecule has 0 spiro atoms. The molecule has 1 aliphatic carbocycles. The molecule has 12 nitrogen and oxygen atoms in total. The van der Waals surface area contributed by atoms with Crippen molar-refractivity contribution < 1.29 is 38.1 Å². The van der Waals surface area contributed by atoms with Crippen molar-refractivity contribution in [1.82, 2.24) is 19.1 Å². The number of rotatable bonds is 10. The van der Waals surface area contributed by atoms with E-state index in [2.05, 4.69) is 57.2 Å². The zero-order valence-corrected chi connectivity index (χ0v) is 38.8. The maximum atomic E-state index is 14.9. The van der Waals surface area contributed by atoms with Gasteiger partial charge in [-0.25, -0.2) is 19.2 Å². The predicted octanol–water partition coefficient (Wildman–Crippen LogP) is 9.31. The third-order valence-corrected chi connectivity index (χ3v) is 14.8. The minimum Gasteiger partial charge on any atom is -0.461 e. The number of carbonyl (C=O) groups excluding carboxylic acids is 4. The molecule has 64 heavy (non-hydrogen) atoms. The van der Waals surface area contributed by atoms with Crippen LogP contribution in [0.3, 0.4) is 0 Å². The fourth-order valence-corrected chi connectivity index (χ4v) is 11.9. The first-order valence-electron chi connectivity index (χ1n) is 22.3. The Morgan fingerprint density at radius 3 is 1.14 bits per heavy atom. The number of esters is 4. The van der Waals surface area contributed by atoms with E-state index >= 15 is 0 Å². The maximum absolute atomic E-state index is 14.9. The largest absolute Gasteiger partial charge is 0.461 e. The number of hydrogen-bond acceptors (Lipinski definition) is 8. The number of H-pyrrole nitrogens is 2. The molecule has 332 valence electrons. The molecule has 0 fully saturated rings. The van der Waals surface area contributed by atoms with Crippen molar-refractivity contribution in [3.8, 4) is 0 Å². The number of ether oxygens (including phenoxy) is 4. The summed E-state index contributed by atoms with van der Waals surface area (Å²) in [6, 6.07) is 15.2. The second-order valence-corrected chi connectivity index (χ2v) is 17.4. The van der Waals surface area contributed by atoms with Gasteiger partial charge in [0, 0.05) is 22.8 Å². The van der Waals surface area contributed by atoms with Crippen LogP contribution in [0.25, 0.3) is 0 Å². The highest BCUT2D eigenvalue weighted by Crippen LogP contribution is 2.70. The molecule has 6 aliphatic rings. The van der Waals surface area contributed by atoms with E-state index in [9.17, 15) is 19.2 Å². The number of hydrogen-bond donors (Lipinski definition) is 2. The molecule has 2 N–H and O–H groups in total. The topological polar surface area (TPSA) is 147 Å². The average Bonchev–Trinajstić information content (AvgIpc) is 3.92. The number of aromatic nitrogens is 4. The maximum Gasteiger partial charge on any atom is 0.355 e. The van der Waals surface area contributed by atoms with Gasteiger partial charge in [0.25, 0.3) is 0 Å². The van der Waals surface area contributed by atoms with E-state index in [1.54, 1.807) is 27.7 Å². The van der Waals surface area contributed by atoms with Crippen LogP contribution in [0.1, 0.15) is 171 Å². The summed E-state index contributed by atoms with van der Waals surface area (Å²) >= 11 is 0. The molecule has 5 aliphatic heterocycles. The molecule has 0 radical (unpaired) electrons. The van der Waals surface area contributed by atoms with Gasteiger partial charge in [-0.2, -0.15) is 0 Å². The van der Waals surface area contributed by atoms with Crippen molar-refractivity contribution in [2.45, 2.75) is 106 Å². The number of nitrogens with one attached hydrogen (secondary N) is 2. The van der Waals surface area contributed by atoms with Crippen LogP contribution >= 0.6 is 0 Å². The molecule has 4 aromatic heterocycles. The second kappa shape index (κ2) is 15.0. The Labute approximate surface area is 373 Å². The zero-order valence-electron chi connectivity index (χ0n) is 38.8. The Kier molecular flexibility index (Phi) is 10.0. The second-order valence-electron chi connectivity index (χ2n) is 17.4. The number of aromatic amines is 2. The van der Waals surface area contributed by atoms with Gasteiger partial charge in [0.2, 0.25) is 0 Å². The first kappa shape index (κ1) is 42.7. The van der Waals surface area contributed by atoms with Crippen LogP contribution < -0.4 is 0 Å². The molecule has 4 bridgehead atoms. The number of nitrogens with zero attached hydrogens (tertiary/aromatic N) is 2. The quantitative estimate of drug-likeness (QED) is 0.102. The first-order chi connectivity index (χ1) is 30.6. The minimum absolute atomic E-state index is 0.153. The molecule has 12 heteroatoms. The predicted molar refractivity (Wildman–Crippen MR) is 241 cm³/mol. The summed E-state index contributed by atoms with van der Waals surface area (Å²) in [5.74, 6) is -1.90. The van der Waals surface area contributed by atoms with Gasteiger partial charge in [-0.15, -0.1) is 0 Å². The molecule has 9 heterocycles. The monoisotopic (exact) mass is 864 g/mol. The van der Waals surface area contributed by atoms with Crippen LogP contribution in [-0.4, -0.2) is 69.4 Å². The lowest BCUT2D eigenvalue weighted by atomic mass is 9.51. The van der Waals surface area contributed by atoms with Crippen molar-refractivity contribution >= 4 is 23.9 Å². The van der Waals surface area contributed by atoms with Crippen LogP contribution in [0, 0.1) is 55.4 Å². The van der Waals surface area contributed by atoms with Crippen molar-refractivity contribution in [2.75, 3.05) is 26.4 Å². The van der Waals surface area contributed by atoms with Gasteiger partial charge in [0.15, 0.2) is 0 Å². The van der Waals surface area contributed by atoms with Crippen LogP contribution in [0.4, 0.5) is 0 Å². The smallest absolute Gasteiger partial charge is 0.355 e. The fraction of sp³-hybridized carbons (Fsp3) is 0.385. The van der Waals surface area contributed by atoms with Gasteiger partial charge in [-0.1, -0.05) is 48.5 Å². The van der Waals surface area contributed by atoms with Gasteiger partial charge >= 0.3 is 23.9 Å². The van der Waals surface area contributed by atoms with E-state index in [-0.39, 0.29) is 26.4 Å². The summed E-state index contributed by atoms with van der Waals surface area (Å²) in [4.78, 5) is 65.2. The zero-order chi connectivity index (χ0) is 45.9. The Morgan fingerprint density at radius 2 is 0.797 bits per heavy atom. The standard InChI is InChI=1S/C52H56N4O8/c1-13-61-47(57)37-25(5)29(9)41(53-37)51-35-23-19-17-21-33(35)46(55-39(49(59)63-15-3)27(7)31(11)43(51)55)52(42-30(10)26(6)38(54-42)48(58)62-14-2)36-24-20-18-22-34(36)45(51)56-40(50(60)64-16-4)28(8)32(12)44(52)56/h17-24,45-46,53-54H,13-16H2,1-12H3/t45-,46+,51-,52+. The third kappa shape index (κ3) is 5.10. The summed E-state index contributed by atoms with van der Waals surface area (Å²) in [6.07, 6.45) is 0. The Bertz CT molecular complexity index is 2790. The molecule has 12 rings (SSSR count). The van der Waals surface area contributed by atoms with E-state index in [1.807, 2.05) is 65.8 Å². The lowest BCUT2D eigenvalue weighted by Gasteiger charge is -2.61. The highest BCUT2D eigenvalue weighted by atomic mass is 16.5. The average molecular weight is 865 g/mol. The Balaban J connectivity index is 1.63. The van der Waals surface area contributed by atoms with Crippen LogP contribution in [0.15, 0.2) is 48.5 Å². The van der Waals surface area contributed by atoms with E-state index in [1.165, 1.54) is 0 Å². The minimum atomic E-state index is -1.26. The third-order valence-electron chi connectivity index (χ3n) is 14.8. The van der Waals surface area contributed by atoms with Crippen molar-refractivity contribution in [2.24, 2.45) is 0 Å². The van der Waals surface area contributed by atoms with Crippen LogP contribution in [0.5, 0.6) is 0 Å². The van der Waals surface area contributed by atoms with Crippen LogP contribution in [-0.2, 0) is 29.8 Å². The molecule has 4 atom stereocenters. The van der Waals surface area contributed by atoms with Crippen molar-refractivity contribution in [3.05, 3.63) is 161 Å². The van der Waals surface area contributed by atoms with Gasteiger partial charge in [0.1, 0.15) is 33.6 Å². The summed E-state index contributed by atoms with van der Waals surface area (Å²) in [6.45, 7) is 23.8. The molecule has 2 aromatic carbocycles. The highest BCUT2D eigenvalue weighted by Gasteiger charge is 2.68. The SMILES string of the molecule is CCOC(=O)c1[nH]c([C@@]23c4ccccc4[C@@H](n4c(C(=O)OCC)c(C)c(C)c42)[C@@]2(c4[nH]c(C(=O)OCC)c(C)c4C)c4ccccc4[C@@H]3n3c(C(=O)OCC)c(C)c(C)c32)c(C)c1C.